The number of nitrogens with one attached hydrogen (secondary N) is 1. The zero-order valence-corrected chi connectivity index (χ0v) is 11.9. The van der Waals surface area contributed by atoms with Crippen molar-refractivity contribution in [2.24, 2.45) is 0 Å². The SMILES string of the molecule is c1ccc2c(c1)CC2CNCc1cc2c(s1)CCC2. The minimum absolute atomic E-state index is 0.739. The molecule has 1 atom stereocenters. The lowest BCUT2D eigenvalue weighted by Crippen LogP contribution is -2.28. The fourth-order valence-electron chi connectivity index (χ4n) is 3.39. The summed E-state index contributed by atoms with van der Waals surface area (Å²) in [6, 6.07) is 11.3. The quantitative estimate of drug-likeness (QED) is 0.893. The first kappa shape index (κ1) is 11.7. The molecular weight excluding hydrogens is 250 g/mol. The van der Waals surface area contributed by atoms with Gasteiger partial charge < -0.3 is 5.32 Å². The predicted octanol–water partition coefficient (Wildman–Crippen LogP) is 3.67. The van der Waals surface area contributed by atoms with E-state index in [2.05, 4.69) is 35.6 Å². The number of thiophene rings is 1. The van der Waals surface area contributed by atoms with Gasteiger partial charge in [-0.2, -0.15) is 0 Å². The highest BCUT2D eigenvalue weighted by atomic mass is 32.1. The Balaban J connectivity index is 1.32. The van der Waals surface area contributed by atoms with E-state index in [4.69, 9.17) is 0 Å². The van der Waals surface area contributed by atoms with E-state index in [-0.39, 0.29) is 0 Å². The first-order chi connectivity index (χ1) is 9.40. The van der Waals surface area contributed by atoms with E-state index in [9.17, 15) is 0 Å². The molecule has 1 aromatic carbocycles. The predicted molar refractivity (Wildman–Crippen MR) is 80.9 cm³/mol. The summed E-state index contributed by atoms with van der Waals surface area (Å²) in [5.74, 6) is 0.739. The summed E-state index contributed by atoms with van der Waals surface area (Å²) in [5, 5.41) is 3.64. The zero-order chi connectivity index (χ0) is 12.7. The molecule has 2 aromatic rings. The molecule has 19 heavy (non-hydrogen) atoms. The molecule has 98 valence electrons. The Bertz CT molecular complexity index is 578. The fourth-order valence-corrected chi connectivity index (χ4v) is 4.62. The van der Waals surface area contributed by atoms with Gasteiger partial charge >= 0.3 is 0 Å². The molecule has 0 saturated heterocycles. The summed E-state index contributed by atoms with van der Waals surface area (Å²) < 4.78 is 0. The van der Waals surface area contributed by atoms with Crippen molar-refractivity contribution in [3.63, 3.8) is 0 Å². The number of hydrogen-bond donors (Lipinski definition) is 1. The van der Waals surface area contributed by atoms with E-state index < -0.39 is 0 Å². The van der Waals surface area contributed by atoms with Crippen LogP contribution in [0.1, 0.15) is 38.8 Å². The molecule has 0 bridgehead atoms. The first-order valence-corrected chi connectivity index (χ1v) is 8.11. The van der Waals surface area contributed by atoms with Crippen molar-refractivity contribution in [3.05, 3.63) is 56.8 Å². The third kappa shape index (κ3) is 2.13. The summed E-state index contributed by atoms with van der Waals surface area (Å²) in [7, 11) is 0. The van der Waals surface area contributed by atoms with Gasteiger partial charge in [0.15, 0.2) is 0 Å². The zero-order valence-electron chi connectivity index (χ0n) is 11.1. The minimum atomic E-state index is 0.739. The molecule has 0 amide bonds. The second kappa shape index (κ2) is 4.77. The molecule has 1 heterocycles. The lowest BCUT2D eigenvalue weighted by Gasteiger charge is -2.30. The van der Waals surface area contributed by atoms with E-state index >= 15 is 0 Å². The van der Waals surface area contributed by atoms with Crippen LogP contribution in [-0.2, 0) is 25.8 Å². The van der Waals surface area contributed by atoms with Crippen molar-refractivity contribution in [1.29, 1.82) is 0 Å². The van der Waals surface area contributed by atoms with Crippen LogP contribution in [0, 0.1) is 0 Å². The Labute approximate surface area is 118 Å². The number of rotatable bonds is 4. The largest absolute Gasteiger partial charge is 0.311 e. The molecule has 1 aromatic heterocycles. The van der Waals surface area contributed by atoms with Crippen LogP contribution >= 0.6 is 11.3 Å². The van der Waals surface area contributed by atoms with Gasteiger partial charge in [-0.25, -0.2) is 0 Å². The molecule has 0 spiro atoms. The molecule has 0 fully saturated rings. The Hall–Kier alpha value is -1.12. The van der Waals surface area contributed by atoms with Crippen LogP contribution in [0.3, 0.4) is 0 Å². The smallest absolute Gasteiger partial charge is 0.0300 e. The van der Waals surface area contributed by atoms with Crippen molar-refractivity contribution < 1.29 is 0 Å². The molecule has 1 unspecified atom stereocenters. The standard InChI is InChI=1S/C17H19NS/c1-2-6-16-12(4-1)8-14(16)10-18-11-15-9-13-5-3-7-17(13)19-15/h1-2,4,6,9,14,18H,3,5,7-8,10-11H2. The third-order valence-electron chi connectivity index (χ3n) is 4.45. The maximum atomic E-state index is 3.64. The van der Waals surface area contributed by atoms with E-state index in [1.165, 1.54) is 30.6 Å². The van der Waals surface area contributed by atoms with Crippen LogP contribution in [0.5, 0.6) is 0 Å². The van der Waals surface area contributed by atoms with Crippen LogP contribution in [0.25, 0.3) is 0 Å². The lowest BCUT2D eigenvalue weighted by molar-refractivity contribution is 0.537. The summed E-state index contributed by atoms with van der Waals surface area (Å²) in [6.07, 6.45) is 5.25. The van der Waals surface area contributed by atoms with Gasteiger partial charge in [0, 0.05) is 28.8 Å². The van der Waals surface area contributed by atoms with Crippen molar-refractivity contribution in [1.82, 2.24) is 5.32 Å². The molecule has 1 nitrogen and oxygen atoms in total. The number of hydrogen-bond acceptors (Lipinski definition) is 2. The van der Waals surface area contributed by atoms with Gasteiger partial charge in [-0.05, 0) is 48.4 Å². The van der Waals surface area contributed by atoms with Crippen molar-refractivity contribution in [2.45, 2.75) is 38.1 Å². The average Bonchev–Trinajstić information content (AvgIpc) is 2.95. The summed E-state index contributed by atoms with van der Waals surface area (Å²) in [4.78, 5) is 3.17. The van der Waals surface area contributed by atoms with E-state index in [1.54, 1.807) is 21.6 Å². The minimum Gasteiger partial charge on any atom is -0.311 e. The van der Waals surface area contributed by atoms with E-state index in [0.29, 0.717) is 0 Å². The second-order valence-electron chi connectivity index (χ2n) is 5.75. The van der Waals surface area contributed by atoms with Gasteiger partial charge in [0.2, 0.25) is 0 Å². The monoisotopic (exact) mass is 269 g/mol. The normalized spacial score (nSPS) is 19.9. The maximum absolute atomic E-state index is 3.64. The number of aryl methyl sites for hydroxylation is 2. The van der Waals surface area contributed by atoms with Gasteiger partial charge in [-0.3, -0.25) is 0 Å². The number of benzene rings is 1. The molecule has 2 aliphatic carbocycles. The summed E-state index contributed by atoms with van der Waals surface area (Å²) in [6.45, 7) is 2.18. The van der Waals surface area contributed by atoms with Crippen molar-refractivity contribution in [2.75, 3.05) is 6.54 Å². The van der Waals surface area contributed by atoms with Crippen molar-refractivity contribution >= 4 is 11.3 Å². The van der Waals surface area contributed by atoms with Crippen LogP contribution in [0.15, 0.2) is 30.3 Å². The highest BCUT2D eigenvalue weighted by Gasteiger charge is 2.24. The topological polar surface area (TPSA) is 12.0 Å². The Morgan fingerprint density at radius 1 is 1.16 bits per heavy atom. The van der Waals surface area contributed by atoms with Crippen LogP contribution in [-0.4, -0.2) is 6.54 Å². The molecule has 0 radical (unpaired) electrons. The molecule has 2 heteroatoms. The lowest BCUT2D eigenvalue weighted by atomic mass is 9.77. The van der Waals surface area contributed by atoms with Gasteiger partial charge in [-0.1, -0.05) is 24.3 Å². The Kier molecular flexibility index (Phi) is 2.93. The molecule has 1 N–H and O–H groups in total. The van der Waals surface area contributed by atoms with Gasteiger partial charge in [0.25, 0.3) is 0 Å². The second-order valence-corrected chi connectivity index (χ2v) is 6.97. The average molecular weight is 269 g/mol. The van der Waals surface area contributed by atoms with E-state index in [1.807, 2.05) is 11.3 Å². The molecule has 0 saturated carbocycles. The van der Waals surface area contributed by atoms with Crippen molar-refractivity contribution in [3.8, 4) is 0 Å². The Morgan fingerprint density at radius 2 is 2.11 bits per heavy atom. The van der Waals surface area contributed by atoms with Gasteiger partial charge in [-0.15, -0.1) is 11.3 Å². The highest BCUT2D eigenvalue weighted by molar-refractivity contribution is 7.12. The Morgan fingerprint density at radius 3 is 3.00 bits per heavy atom. The van der Waals surface area contributed by atoms with Crippen LogP contribution < -0.4 is 5.32 Å². The van der Waals surface area contributed by atoms with Gasteiger partial charge in [0.1, 0.15) is 0 Å². The van der Waals surface area contributed by atoms with Crippen LogP contribution in [0.4, 0.5) is 0 Å². The number of fused-ring (bicyclic) bond motifs is 2. The molecule has 0 aliphatic heterocycles. The molecule has 4 rings (SSSR count). The van der Waals surface area contributed by atoms with Crippen LogP contribution in [0.2, 0.25) is 0 Å². The summed E-state index contributed by atoms with van der Waals surface area (Å²) >= 11 is 2.02. The van der Waals surface area contributed by atoms with Gasteiger partial charge in [0.05, 0.1) is 0 Å². The third-order valence-corrected chi connectivity index (χ3v) is 5.69. The first-order valence-electron chi connectivity index (χ1n) is 7.29. The maximum Gasteiger partial charge on any atom is 0.0300 e. The molecular formula is C17H19NS. The highest BCUT2D eigenvalue weighted by Crippen LogP contribution is 2.34. The fraction of sp³-hybridized carbons (Fsp3) is 0.412. The summed E-state index contributed by atoms with van der Waals surface area (Å²) in [5.41, 5.74) is 4.73. The molecule has 2 aliphatic rings. The van der Waals surface area contributed by atoms with E-state index in [0.717, 1.165) is 19.0 Å².